The average molecular weight is 353 g/mol. The largest absolute Gasteiger partial charge is 0.356 e. The van der Waals surface area contributed by atoms with Crippen molar-refractivity contribution < 1.29 is 4.79 Å². The predicted octanol–water partition coefficient (Wildman–Crippen LogP) is 4.99. The molecule has 3 heteroatoms. The summed E-state index contributed by atoms with van der Waals surface area (Å²) >= 11 is 0. The molecule has 2 N–H and O–H groups in total. The van der Waals surface area contributed by atoms with Crippen molar-refractivity contribution in [2.75, 3.05) is 13.1 Å². The topological polar surface area (TPSA) is 41.1 Å². The zero-order chi connectivity index (χ0) is 18.8. The summed E-state index contributed by atoms with van der Waals surface area (Å²) in [6.45, 7) is 7.87. The van der Waals surface area contributed by atoms with Crippen molar-refractivity contribution in [1.29, 1.82) is 0 Å². The molecule has 3 nitrogen and oxygen atoms in total. The van der Waals surface area contributed by atoms with Gasteiger partial charge in [0.15, 0.2) is 0 Å². The highest BCUT2D eigenvalue weighted by Crippen LogP contribution is 2.23. The smallest absolute Gasteiger partial charge is 0.223 e. The summed E-state index contributed by atoms with van der Waals surface area (Å²) in [7, 11) is 0. The van der Waals surface area contributed by atoms with Gasteiger partial charge in [0.2, 0.25) is 5.91 Å². The van der Waals surface area contributed by atoms with Gasteiger partial charge in [-0.2, -0.15) is 0 Å². The van der Waals surface area contributed by atoms with E-state index in [-0.39, 0.29) is 11.8 Å². The number of rotatable bonds is 10. The lowest BCUT2D eigenvalue weighted by molar-refractivity contribution is -0.125. The van der Waals surface area contributed by atoms with E-state index in [1.807, 2.05) is 0 Å². The summed E-state index contributed by atoms with van der Waals surface area (Å²) in [6, 6.07) is 15.3. The summed E-state index contributed by atoms with van der Waals surface area (Å²) in [4.78, 5) is 11.9. The first-order valence-electron chi connectivity index (χ1n) is 9.81. The molecule has 0 aromatic heterocycles. The highest BCUT2D eigenvalue weighted by molar-refractivity contribution is 5.86. The van der Waals surface area contributed by atoms with Crippen LogP contribution in [-0.2, 0) is 4.79 Å². The van der Waals surface area contributed by atoms with Crippen LogP contribution in [-0.4, -0.2) is 19.0 Å². The van der Waals surface area contributed by atoms with Crippen LogP contribution in [0.2, 0.25) is 0 Å². The summed E-state index contributed by atoms with van der Waals surface area (Å²) in [5.74, 6) is 0.341. The van der Waals surface area contributed by atoms with E-state index in [2.05, 4.69) is 86.0 Å². The van der Waals surface area contributed by atoms with Crippen LogP contribution in [0.3, 0.4) is 0 Å². The third-order valence-corrected chi connectivity index (χ3v) is 4.97. The lowest BCUT2D eigenvalue weighted by atomic mass is 10.00. The van der Waals surface area contributed by atoms with Crippen LogP contribution in [0.4, 0.5) is 0 Å². The van der Waals surface area contributed by atoms with Gasteiger partial charge in [-0.15, -0.1) is 0 Å². The normalized spacial score (nSPS) is 12.8. The Morgan fingerprint density at radius 2 is 1.77 bits per heavy atom. The fourth-order valence-corrected chi connectivity index (χ4v) is 3.27. The van der Waals surface area contributed by atoms with Crippen LogP contribution < -0.4 is 10.6 Å². The van der Waals surface area contributed by atoms with Gasteiger partial charge in [-0.05, 0) is 42.5 Å². The van der Waals surface area contributed by atoms with Gasteiger partial charge in [-0.25, -0.2) is 0 Å². The summed E-state index contributed by atoms with van der Waals surface area (Å²) in [6.07, 6.45) is 6.97. The van der Waals surface area contributed by atoms with Crippen molar-refractivity contribution >= 4 is 16.7 Å². The Morgan fingerprint density at radius 1 is 1.04 bits per heavy atom. The highest BCUT2D eigenvalue weighted by Gasteiger charge is 2.12. The molecule has 1 atom stereocenters. The van der Waals surface area contributed by atoms with Crippen molar-refractivity contribution in [2.45, 2.75) is 46.1 Å². The van der Waals surface area contributed by atoms with E-state index < -0.39 is 0 Å². The maximum Gasteiger partial charge on any atom is 0.223 e. The second-order valence-corrected chi connectivity index (χ2v) is 6.76. The fraction of sp³-hybridized carbons (Fsp3) is 0.435. The van der Waals surface area contributed by atoms with Gasteiger partial charge in [-0.3, -0.25) is 4.79 Å². The van der Waals surface area contributed by atoms with Crippen LogP contribution in [0.15, 0.2) is 54.6 Å². The van der Waals surface area contributed by atoms with Gasteiger partial charge in [0.25, 0.3) is 0 Å². The minimum atomic E-state index is 0.155. The molecule has 0 saturated heterocycles. The maximum atomic E-state index is 11.9. The number of carbonyl (C=O) groups is 1. The third kappa shape index (κ3) is 5.70. The molecule has 2 aromatic carbocycles. The minimum absolute atomic E-state index is 0.155. The van der Waals surface area contributed by atoms with Crippen LogP contribution in [0, 0.1) is 5.92 Å². The molecular weight excluding hydrogens is 320 g/mol. The molecule has 1 amide bonds. The van der Waals surface area contributed by atoms with Crippen molar-refractivity contribution in [3.8, 4) is 0 Å². The monoisotopic (exact) mass is 352 g/mol. The van der Waals surface area contributed by atoms with Gasteiger partial charge in [-0.1, -0.05) is 68.5 Å². The maximum absolute atomic E-state index is 11.9. The molecule has 0 spiro atoms. The van der Waals surface area contributed by atoms with Gasteiger partial charge in [0.1, 0.15) is 0 Å². The van der Waals surface area contributed by atoms with Crippen LogP contribution in [0.25, 0.3) is 10.8 Å². The van der Waals surface area contributed by atoms with E-state index in [1.165, 1.54) is 16.3 Å². The quantitative estimate of drug-likeness (QED) is 0.467. The molecule has 0 radical (unpaired) electrons. The van der Waals surface area contributed by atoms with Gasteiger partial charge >= 0.3 is 0 Å². The Hall–Kier alpha value is -2.13. The molecule has 0 aliphatic heterocycles. The van der Waals surface area contributed by atoms with E-state index in [4.69, 9.17) is 0 Å². The predicted molar refractivity (Wildman–Crippen MR) is 111 cm³/mol. The molecule has 0 unspecified atom stereocenters. The Balaban J connectivity index is 1.73. The van der Waals surface area contributed by atoms with Gasteiger partial charge in [0.05, 0.1) is 0 Å². The van der Waals surface area contributed by atoms with Crippen molar-refractivity contribution in [2.24, 2.45) is 5.92 Å². The molecule has 0 bridgehead atoms. The fourth-order valence-electron chi connectivity index (χ4n) is 3.27. The molecule has 0 heterocycles. The average Bonchev–Trinajstić information content (AvgIpc) is 2.67. The van der Waals surface area contributed by atoms with Crippen LogP contribution >= 0.6 is 0 Å². The molecule has 0 saturated carbocycles. The number of carbonyl (C=O) groups excluding carboxylic acids is 1. The van der Waals surface area contributed by atoms with Gasteiger partial charge < -0.3 is 10.6 Å². The first-order chi connectivity index (χ1) is 12.7. The zero-order valence-corrected chi connectivity index (χ0v) is 16.3. The van der Waals surface area contributed by atoms with E-state index in [9.17, 15) is 4.79 Å². The van der Waals surface area contributed by atoms with Gasteiger partial charge in [0, 0.05) is 25.0 Å². The lowest BCUT2D eigenvalue weighted by Crippen LogP contribution is -2.30. The molecule has 26 heavy (non-hydrogen) atoms. The van der Waals surface area contributed by atoms with Crippen molar-refractivity contribution in [1.82, 2.24) is 10.6 Å². The number of hydrogen-bond donors (Lipinski definition) is 2. The van der Waals surface area contributed by atoms with E-state index in [1.54, 1.807) is 0 Å². The summed E-state index contributed by atoms with van der Waals surface area (Å²) in [5.41, 5.74) is 1.33. The Bertz CT molecular complexity index is 714. The standard InChI is InChI=1S/C23H32N2O/c1-4-19(5-2)23(26)25-17-10-6-9-16-24-18(3)21-15-11-13-20-12-7-8-14-22(20)21/h6-9,11-15,18-19,24H,4-5,10,16-17H2,1-3H3,(H,25,26)/b9-6+/t18-/m1/s1. The Morgan fingerprint density at radius 3 is 2.54 bits per heavy atom. The highest BCUT2D eigenvalue weighted by atomic mass is 16.1. The lowest BCUT2D eigenvalue weighted by Gasteiger charge is -2.15. The molecule has 0 fully saturated rings. The minimum Gasteiger partial charge on any atom is -0.356 e. The molecule has 0 aliphatic rings. The third-order valence-electron chi connectivity index (χ3n) is 4.97. The van der Waals surface area contributed by atoms with Crippen molar-refractivity contribution in [3.63, 3.8) is 0 Å². The summed E-state index contributed by atoms with van der Waals surface area (Å²) in [5, 5.41) is 9.16. The van der Waals surface area contributed by atoms with Crippen LogP contribution in [0.5, 0.6) is 0 Å². The molecule has 0 aliphatic carbocycles. The molecule has 2 aromatic rings. The number of fused-ring (bicyclic) bond motifs is 1. The Kier molecular flexibility index (Phi) is 8.36. The second kappa shape index (κ2) is 10.8. The molecule has 140 valence electrons. The first-order valence-corrected chi connectivity index (χ1v) is 9.81. The number of amides is 1. The van der Waals surface area contributed by atoms with E-state index in [0.717, 1.165) is 25.8 Å². The van der Waals surface area contributed by atoms with Crippen LogP contribution in [0.1, 0.15) is 51.6 Å². The molecular formula is C23H32N2O. The number of hydrogen-bond acceptors (Lipinski definition) is 2. The SMILES string of the molecule is CCC(CC)C(=O)NCC/C=C/CN[C@H](C)c1cccc2ccccc12. The molecule has 2 rings (SSSR count). The summed E-state index contributed by atoms with van der Waals surface area (Å²) < 4.78 is 0. The van der Waals surface area contributed by atoms with E-state index >= 15 is 0 Å². The zero-order valence-electron chi connectivity index (χ0n) is 16.3. The van der Waals surface area contributed by atoms with Crippen molar-refractivity contribution in [3.05, 3.63) is 60.2 Å². The first kappa shape index (κ1) is 20.2. The van der Waals surface area contributed by atoms with E-state index in [0.29, 0.717) is 12.6 Å². The Labute approximate surface area is 157 Å². The number of benzene rings is 2. The number of nitrogens with one attached hydrogen (secondary N) is 2. The second-order valence-electron chi connectivity index (χ2n) is 6.76.